The standard InChI is InChI=1S/C17H19FN4O6/c18-10-4-3-9-6-12(11(9)7-10)19-16(20-26)15-17(22-28-21-15)27-5-1-2-13(24)14(25)8-23/h3-4,7,12,14,23,25-26H,1-2,5-6,8H2,(H,19,20)/t12-,14-/m0/s1. The number of hydrogen-bond acceptors (Lipinski definition) is 9. The molecule has 28 heavy (non-hydrogen) atoms. The first-order chi connectivity index (χ1) is 13.5. The lowest BCUT2D eigenvalue weighted by Crippen LogP contribution is -2.26. The van der Waals surface area contributed by atoms with Gasteiger partial charge in [-0.05, 0) is 46.4 Å². The highest BCUT2D eigenvalue weighted by atomic mass is 19.1. The summed E-state index contributed by atoms with van der Waals surface area (Å²) in [5.74, 6) is -0.970. The predicted molar refractivity (Wildman–Crippen MR) is 91.4 cm³/mol. The minimum Gasteiger partial charge on any atom is -0.474 e. The number of halogens is 1. The molecule has 1 aliphatic carbocycles. The number of nitrogens with zero attached hydrogens (tertiary/aromatic N) is 3. The van der Waals surface area contributed by atoms with Crippen LogP contribution in [-0.4, -0.2) is 56.7 Å². The van der Waals surface area contributed by atoms with Crippen LogP contribution >= 0.6 is 0 Å². The largest absolute Gasteiger partial charge is 0.474 e. The van der Waals surface area contributed by atoms with Crippen molar-refractivity contribution in [2.24, 2.45) is 4.99 Å². The molecule has 0 saturated heterocycles. The summed E-state index contributed by atoms with van der Waals surface area (Å²) in [7, 11) is 0. The number of hydrogen-bond donors (Lipinski definition) is 4. The Morgan fingerprint density at radius 3 is 3.04 bits per heavy atom. The van der Waals surface area contributed by atoms with Gasteiger partial charge in [0.1, 0.15) is 11.9 Å². The summed E-state index contributed by atoms with van der Waals surface area (Å²) in [5.41, 5.74) is 3.63. The fraction of sp³-hybridized carbons (Fsp3) is 0.412. The highest BCUT2D eigenvalue weighted by Crippen LogP contribution is 2.37. The Morgan fingerprint density at radius 1 is 1.46 bits per heavy atom. The van der Waals surface area contributed by atoms with Crippen LogP contribution in [-0.2, 0) is 11.2 Å². The highest BCUT2D eigenvalue weighted by Gasteiger charge is 2.28. The summed E-state index contributed by atoms with van der Waals surface area (Å²) in [6.45, 7) is -0.575. The summed E-state index contributed by atoms with van der Waals surface area (Å²) < 4.78 is 23.4. The maximum atomic E-state index is 13.4. The van der Waals surface area contributed by atoms with E-state index in [1.807, 2.05) is 5.48 Å². The monoisotopic (exact) mass is 394 g/mol. The van der Waals surface area contributed by atoms with Gasteiger partial charge in [0.2, 0.25) is 5.69 Å². The van der Waals surface area contributed by atoms with Gasteiger partial charge in [-0.2, -0.15) is 0 Å². The van der Waals surface area contributed by atoms with Gasteiger partial charge in [-0.25, -0.2) is 9.02 Å². The fourth-order valence-electron chi connectivity index (χ4n) is 2.77. The number of Topliss-reactive ketones (excluding diaryl/α,β-unsaturated/α-hetero) is 1. The van der Waals surface area contributed by atoms with Crippen LogP contribution in [0.5, 0.6) is 5.88 Å². The topological polar surface area (TPSA) is 150 Å². The lowest BCUT2D eigenvalue weighted by atomic mass is 9.83. The van der Waals surface area contributed by atoms with E-state index >= 15 is 0 Å². The number of aliphatic imine (C=N–C) groups is 1. The number of nitrogens with one attached hydrogen (secondary N) is 1. The van der Waals surface area contributed by atoms with E-state index in [4.69, 9.17) is 9.84 Å². The summed E-state index contributed by atoms with van der Waals surface area (Å²) in [5, 5.41) is 34.6. The number of carbonyl (C=O) groups is 1. The number of aromatic nitrogens is 2. The van der Waals surface area contributed by atoms with E-state index in [9.17, 15) is 19.5 Å². The molecule has 0 saturated carbocycles. The van der Waals surface area contributed by atoms with E-state index in [-0.39, 0.29) is 48.7 Å². The first-order valence-corrected chi connectivity index (χ1v) is 8.57. The number of carbonyl (C=O) groups excluding carboxylic acids is 1. The first kappa shape index (κ1) is 19.9. The number of hydroxylamine groups is 1. The second kappa shape index (κ2) is 8.87. The van der Waals surface area contributed by atoms with E-state index < -0.39 is 18.5 Å². The summed E-state index contributed by atoms with van der Waals surface area (Å²) in [4.78, 5) is 15.7. The smallest absolute Gasteiger partial charge is 0.287 e. The number of fused-ring (bicyclic) bond motifs is 1. The molecule has 2 atom stereocenters. The Hall–Kier alpha value is -2.89. The van der Waals surface area contributed by atoms with Crippen LogP contribution in [0.25, 0.3) is 0 Å². The molecule has 1 aliphatic rings. The minimum absolute atomic E-state index is 0.00591. The molecule has 10 nitrogen and oxygen atoms in total. The maximum absolute atomic E-state index is 13.4. The van der Waals surface area contributed by atoms with Crippen LogP contribution in [0, 0.1) is 5.82 Å². The molecule has 0 unspecified atom stereocenters. The van der Waals surface area contributed by atoms with Crippen LogP contribution in [0.15, 0.2) is 27.8 Å². The van der Waals surface area contributed by atoms with Crippen molar-refractivity contribution in [3.8, 4) is 5.88 Å². The number of aliphatic hydroxyl groups excluding tert-OH is 2. The molecule has 2 aromatic rings. The molecule has 150 valence electrons. The average molecular weight is 394 g/mol. The van der Waals surface area contributed by atoms with Gasteiger partial charge in [-0.1, -0.05) is 6.07 Å². The van der Waals surface area contributed by atoms with Crippen LogP contribution in [0.4, 0.5) is 4.39 Å². The molecule has 11 heteroatoms. The van der Waals surface area contributed by atoms with Crippen LogP contribution < -0.4 is 10.2 Å². The molecule has 0 fully saturated rings. The second-order valence-electron chi connectivity index (χ2n) is 6.19. The van der Waals surface area contributed by atoms with E-state index in [0.717, 1.165) is 5.56 Å². The second-order valence-corrected chi connectivity index (χ2v) is 6.19. The van der Waals surface area contributed by atoms with E-state index in [1.165, 1.54) is 12.1 Å². The van der Waals surface area contributed by atoms with Gasteiger partial charge in [-0.15, -0.1) is 0 Å². The SMILES string of the molecule is O=C(CCCOc1nonc1C(=N[C@H]1Cc2ccc(F)cc21)NO)[C@@H](O)CO. The van der Waals surface area contributed by atoms with Gasteiger partial charge in [0.15, 0.2) is 11.6 Å². The molecule has 4 N–H and O–H groups in total. The summed E-state index contributed by atoms with van der Waals surface area (Å²) in [6, 6.07) is 4.09. The number of benzene rings is 1. The van der Waals surface area contributed by atoms with Gasteiger partial charge in [-0.3, -0.25) is 20.5 Å². The number of ether oxygens (including phenoxy) is 1. The lowest BCUT2D eigenvalue weighted by Gasteiger charge is -2.27. The summed E-state index contributed by atoms with van der Waals surface area (Å²) in [6.07, 6.45) is -0.559. The van der Waals surface area contributed by atoms with Crippen molar-refractivity contribution in [2.75, 3.05) is 13.2 Å². The van der Waals surface area contributed by atoms with E-state index in [0.29, 0.717) is 12.0 Å². The van der Waals surface area contributed by atoms with Crippen molar-refractivity contribution in [3.63, 3.8) is 0 Å². The molecular formula is C17H19FN4O6. The number of ketones is 1. The molecule has 0 amide bonds. The molecule has 3 rings (SSSR count). The number of aliphatic hydroxyl groups is 2. The van der Waals surface area contributed by atoms with Crippen molar-refractivity contribution in [3.05, 3.63) is 40.8 Å². The molecule has 1 aromatic heterocycles. The molecular weight excluding hydrogens is 375 g/mol. The van der Waals surface area contributed by atoms with Crippen molar-refractivity contribution in [1.29, 1.82) is 0 Å². The Morgan fingerprint density at radius 2 is 2.29 bits per heavy atom. The predicted octanol–water partition coefficient (Wildman–Crippen LogP) is 0.313. The van der Waals surface area contributed by atoms with Gasteiger partial charge in [0.05, 0.1) is 19.3 Å². The normalized spacial score (nSPS) is 16.9. The number of rotatable bonds is 9. The third kappa shape index (κ3) is 4.32. The van der Waals surface area contributed by atoms with Crippen LogP contribution in [0.3, 0.4) is 0 Å². The molecule has 0 radical (unpaired) electrons. The third-order valence-corrected chi connectivity index (χ3v) is 4.30. The molecule has 1 aromatic carbocycles. The van der Waals surface area contributed by atoms with Gasteiger partial charge < -0.3 is 14.9 Å². The van der Waals surface area contributed by atoms with Crippen LogP contribution in [0.1, 0.15) is 35.7 Å². The quantitative estimate of drug-likeness (QED) is 0.204. The molecule has 0 bridgehead atoms. The maximum Gasteiger partial charge on any atom is 0.287 e. The van der Waals surface area contributed by atoms with Gasteiger partial charge in [0, 0.05) is 6.42 Å². The lowest BCUT2D eigenvalue weighted by molar-refractivity contribution is -0.129. The highest BCUT2D eigenvalue weighted by molar-refractivity contribution is 5.98. The fourth-order valence-corrected chi connectivity index (χ4v) is 2.77. The molecule has 0 aliphatic heterocycles. The first-order valence-electron chi connectivity index (χ1n) is 8.57. The van der Waals surface area contributed by atoms with E-state index in [1.54, 1.807) is 6.07 Å². The third-order valence-electron chi connectivity index (χ3n) is 4.30. The molecule has 1 heterocycles. The van der Waals surface area contributed by atoms with Gasteiger partial charge >= 0.3 is 0 Å². The van der Waals surface area contributed by atoms with Crippen molar-refractivity contribution < 1.29 is 34.0 Å². The van der Waals surface area contributed by atoms with Crippen molar-refractivity contribution >= 4 is 11.6 Å². The van der Waals surface area contributed by atoms with Gasteiger partial charge in [0.25, 0.3) is 5.88 Å². The zero-order valence-corrected chi connectivity index (χ0v) is 14.7. The Labute approximate surface area is 158 Å². The summed E-state index contributed by atoms with van der Waals surface area (Å²) >= 11 is 0. The van der Waals surface area contributed by atoms with Crippen LogP contribution in [0.2, 0.25) is 0 Å². The zero-order chi connectivity index (χ0) is 20.1. The Balaban J connectivity index is 1.62. The zero-order valence-electron chi connectivity index (χ0n) is 14.7. The van der Waals surface area contributed by atoms with E-state index in [2.05, 4.69) is 19.9 Å². The molecule has 0 spiro atoms. The minimum atomic E-state index is -1.41. The Bertz CT molecular complexity index is 871. The van der Waals surface area contributed by atoms with Crippen molar-refractivity contribution in [1.82, 2.24) is 15.8 Å². The average Bonchev–Trinajstić information content (AvgIpc) is 3.15. The number of amidine groups is 1. The van der Waals surface area contributed by atoms with Crippen molar-refractivity contribution in [2.45, 2.75) is 31.4 Å². The Kier molecular flexibility index (Phi) is 6.29.